The van der Waals surface area contributed by atoms with Crippen LogP contribution in [-0.2, 0) is 11.2 Å². The molecular formula is C18H29N3O2. The standard InChI is InChI=1S/C18H29N3O2/c1-14-17(15(2)23-19-14)13-18(22)21-11-4-3-7-16(21)8-12-20-9-5-6-10-20/h16H,3-13H2,1-2H3/t16-/m0/s1. The summed E-state index contributed by atoms with van der Waals surface area (Å²) in [4.78, 5) is 17.5. The van der Waals surface area contributed by atoms with Gasteiger partial charge in [-0.3, -0.25) is 4.79 Å². The summed E-state index contributed by atoms with van der Waals surface area (Å²) < 4.78 is 5.20. The van der Waals surface area contributed by atoms with E-state index in [-0.39, 0.29) is 5.91 Å². The number of aromatic nitrogens is 1. The van der Waals surface area contributed by atoms with Gasteiger partial charge in [-0.15, -0.1) is 0 Å². The number of likely N-dealkylation sites (tertiary alicyclic amines) is 2. The third-order valence-electron chi connectivity index (χ3n) is 5.43. The summed E-state index contributed by atoms with van der Waals surface area (Å²) in [7, 11) is 0. The second kappa shape index (κ2) is 7.47. The first-order valence-corrected chi connectivity index (χ1v) is 9.08. The van der Waals surface area contributed by atoms with Crippen LogP contribution in [0.4, 0.5) is 0 Å². The molecule has 1 aromatic rings. The maximum Gasteiger partial charge on any atom is 0.227 e. The van der Waals surface area contributed by atoms with Gasteiger partial charge in [-0.2, -0.15) is 0 Å². The van der Waals surface area contributed by atoms with E-state index in [9.17, 15) is 4.79 Å². The van der Waals surface area contributed by atoms with Crippen molar-refractivity contribution in [3.8, 4) is 0 Å². The molecule has 3 rings (SSSR count). The molecule has 5 nitrogen and oxygen atoms in total. The zero-order valence-corrected chi connectivity index (χ0v) is 14.5. The molecule has 0 saturated carbocycles. The number of rotatable bonds is 5. The Hall–Kier alpha value is -1.36. The predicted molar refractivity (Wildman–Crippen MR) is 89.3 cm³/mol. The van der Waals surface area contributed by atoms with E-state index in [4.69, 9.17) is 4.52 Å². The van der Waals surface area contributed by atoms with Crippen molar-refractivity contribution < 1.29 is 9.32 Å². The lowest BCUT2D eigenvalue weighted by Crippen LogP contribution is -2.45. The van der Waals surface area contributed by atoms with Crippen molar-refractivity contribution in [3.05, 3.63) is 17.0 Å². The Morgan fingerprint density at radius 2 is 1.91 bits per heavy atom. The summed E-state index contributed by atoms with van der Waals surface area (Å²) in [6, 6.07) is 0.414. The van der Waals surface area contributed by atoms with Gasteiger partial charge < -0.3 is 14.3 Å². The molecule has 5 heteroatoms. The van der Waals surface area contributed by atoms with Gasteiger partial charge in [0.05, 0.1) is 12.1 Å². The molecule has 0 aromatic carbocycles. The minimum atomic E-state index is 0.241. The molecule has 0 bridgehead atoms. The molecule has 1 atom stereocenters. The fraction of sp³-hybridized carbons (Fsp3) is 0.778. The average molecular weight is 319 g/mol. The van der Waals surface area contributed by atoms with Crippen molar-refractivity contribution in [2.45, 2.75) is 64.8 Å². The van der Waals surface area contributed by atoms with E-state index >= 15 is 0 Å². The van der Waals surface area contributed by atoms with Crippen LogP contribution in [0.1, 0.15) is 55.5 Å². The van der Waals surface area contributed by atoms with Gasteiger partial charge in [-0.25, -0.2) is 0 Å². The molecule has 2 saturated heterocycles. The van der Waals surface area contributed by atoms with Gasteiger partial charge in [-0.05, 0) is 65.5 Å². The van der Waals surface area contributed by atoms with Crippen molar-refractivity contribution in [3.63, 3.8) is 0 Å². The third kappa shape index (κ3) is 3.94. The topological polar surface area (TPSA) is 49.6 Å². The SMILES string of the molecule is Cc1noc(C)c1CC(=O)N1CCCC[C@H]1CCN1CCCC1. The van der Waals surface area contributed by atoms with Crippen molar-refractivity contribution in [1.82, 2.24) is 15.0 Å². The summed E-state index contributed by atoms with van der Waals surface area (Å²) in [5.41, 5.74) is 1.82. The Kier molecular flexibility index (Phi) is 5.36. The van der Waals surface area contributed by atoms with Crippen LogP contribution in [0, 0.1) is 13.8 Å². The minimum Gasteiger partial charge on any atom is -0.361 e. The van der Waals surface area contributed by atoms with Gasteiger partial charge in [0, 0.05) is 24.7 Å². The largest absolute Gasteiger partial charge is 0.361 e. The lowest BCUT2D eigenvalue weighted by atomic mass is 9.97. The van der Waals surface area contributed by atoms with Crippen LogP contribution in [0.25, 0.3) is 0 Å². The first-order valence-electron chi connectivity index (χ1n) is 9.08. The molecule has 0 N–H and O–H groups in total. The molecule has 3 heterocycles. The number of piperidine rings is 1. The second-order valence-electron chi connectivity index (χ2n) is 7.05. The van der Waals surface area contributed by atoms with E-state index in [1.807, 2.05) is 13.8 Å². The van der Waals surface area contributed by atoms with Crippen LogP contribution in [-0.4, -0.2) is 53.1 Å². The molecule has 0 aliphatic carbocycles. The van der Waals surface area contributed by atoms with E-state index in [0.717, 1.165) is 49.4 Å². The Labute approximate surface area is 139 Å². The van der Waals surface area contributed by atoms with E-state index in [0.29, 0.717) is 12.5 Å². The predicted octanol–water partition coefficient (Wildman–Crippen LogP) is 2.70. The van der Waals surface area contributed by atoms with E-state index < -0.39 is 0 Å². The highest BCUT2D eigenvalue weighted by Crippen LogP contribution is 2.23. The monoisotopic (exact) mass is 319 g/mol. The third-order valence-corrected chi connectivity index (χ3v) is 5.43. The van der Waals surface area contributed by atoms with Gasteiger partial charge in [0.1, 0.15) is 5.76 Å². The molecule has 2 fully saturated rings. The smallest absolute Gasteiger partial charge is 0.227 e. The van der Waals surface area contributed by atoms with Crippen molar-refractivity contribution in [2.24, 2.45) is 0 Å². The Morgan fingerprint density at radius 3 is 2.61 bits per heavy atom. The zero-order valence-electron chi connectivity index (χ0n) is 14.5. The highest BCUT2D eigenvalue weighted by Gasteiger charge is 2.28. The number of aryl methyl sites for hydroxylation is 2. The lowest BCUT2D eigenvalue weighted by molar-refractivity contribution is -0.134. The fourth-order valence-electron chi connectivity index (χ4n) is 3.97. The molecule has 23 heavy (non-hydrogen) atoms. The summed E-state index contributed by atoms with van der Waals surface area (Å²) in [6.45, 7) is 8.33. The van der Waals surface area contributed by atoms with Crippen LogP contribution in [0.2, 0.25) is 0 Å². The number of amides is 1. The summed E-state index contributed by atoms with van der Waals surface area (Å²) in [5.74, 6) is 1.02. The van der Waals surface area contributed by atoms with Crippen LogP contribution >= 0.6 is 0 Å². The van der Waals surface area contributed by atoms with Crippen LogP contribution < -0.4 is 0 Å². The second-order valence-corrected chi connectivity index (χ2v) is 7.05. The molecule has 2 aliphatic rings. The fourth-order valence-corrected chi connectivity index (χ4v) is 3.97. The average Bonchev–Trinajstić information content (AvgIpc) is 3.18. The van der Waals surface area contributed by atoms with Gasteiger partial charge >= 0.3 is 0 Å². The Morgan fingerprint density at radius 1 is 1.17 bits per heavy atom. The molecule has 0 spiro atoms. The lowest BCUT2D eigenvalue weighted by Gasteiger charge is -2.36. The number of hydrogen-bond donors (Lipinski definition) is 0. The number of carbonyl (C=O) groups is 1. The Bertz CT molecular complexity index is 515. The minimum absolute atomic E-state index is 0.241. The maximum atomic E-state index is 12.8. The highest BCUT2D eigenvalue weighted by atomic mass is 16.5. The van der Waals surface area contributed by atoms with Gasteiger partial charge in [0.15, 0.2) is 0 Å². The molecule has 0 unspecified atom stereocenters. The zero-order chi connectivity index (χ0) is 16.2. The van der Waals surface area contributed by atoms with Gasteiger partial charge in [-0.1, -0.05) is 5.16 Å². The Balaban J connectivity index is 1.59. The van der Waals surface area contributed by atoms with Gasteiger partial charge in [0.2, 0.25) is 5.91 Å². The maximum absolute atomic E-state index is 12.8. The van der Waals surface area contributed by atoms with Crippen molar-refractivity contribution >= 4 is 5.91 Å². The molecule has 0 radical (unpaired) electrons. The highest BCUT2D eigenvalue weighted by molar-refractivity contribution is 5.79. The van der Waals surface area contributed by atoms with Gasteiger partial charge in [0.25, 0.3) is 0 Å². The van der Waals surface area contributed by atoms with E-state index in [2.05, 4.69) is 15.0 Å². The van der Waals surface area contributed by atoms with E-state index in [1.165, 1.54) is 32.4 Å². The quantitative estimate of drug-likeness (QED) is 0.837. The number of carbonyl (C=O) groups excluding carboxylic acids is 1. The van der Waals surface area contributed by atoms with E-state index in [1.54, 1.807) is 0 Å². The first-order chi connectivity index (χ1) is 11.1. The molecule has 1 amide bonds. The summed E-state index contributed by atoms with van der Waals surface area (Å²) in [5, 5.41) is 3.97. The summed E-state index contributed by atoms with van der Waals surface area (Å²) in [6.07, 6.45) is 7.75. The van der Waals surface area contributed by atoms with Crippen LogP contribution in [0.3, 0.4) is 0 Å². The number of hydrogen-bond acceptors (Lipinski definition) is 4. The molecule has 2 aliphatic heterocycles. The molecule has 128 valence electrons. The van der Waals surface area contributed by atoms with Crippen LogP contribution in [0.15, 0.2) is 4.52 Å². The van der Waals surface area contributed by atoms with Crippen molar-refractivity contribution in [2.75, 3.05) is 26.2 Å². The first kappa shape index (κ1) is 16.5. The molecule has 1 aromatic heterocycles. The number of nitrogens with zero attached hydrogens (tertiary/aromatic N) is 3. The molecular weight excluding hydrogens is 290 g/mol. The normalized spacial score (nSPS) is 22.7. The van der Waals surface area contributed by atoms with Crippen LogP contribution in [0.5, 0.6) is 0 Å². The summed E-state index contributed by atoms with van der Waals surface area (Å²) >= 11 is 0. The van der Waals surface area contributed by atoms with Crippen molar-refractivity contribution in [1.29, 1.82) is 0 Å².